The summed E-state index contributed by atoms with van der Waals surface area (Å²) in [5, 5.41) is 12.6. The molecule has 0 saturated heterocycles. The molecular weight excluding hydrogens is 354 g/mol. The molecule has 5 nitrogen and oxygen atoms in total. The molecule has 1 fully saturated rings. The van der Waals surface area contributed by atoms with E-state index in [2.05, 4.69) is 15.5 Å². The quantitative estimate of drug-likeness (QED) is 0.569. The van der Waals surface area contributed by atoms with Gasteiger partial charge in [0.25, 0.3) is 0 Å². The molecule has 0 amide bonds. The number of rotatable bonds is 7. The molecule has 1 N–H and O–H groups in total. The van der Waals surface area contributed by atoms with Crippen molar-refractivity contribution in [3.05, 3.63) is 35.4 Å². The van der Waals surface area contributed by atoms with Crippen molar-refractivity contribution >= 4 is 34.2 Å². The SMILES string of the molecule is Cc1ccc(COC(=O)CSc2nnc(NC3CCCCC3)s2)cc1. The number of carbonyl (C=O) groups excluding carboxylic acids is 1. The van der Waals surface area contributed by atoms with Gasteiger partial charge in [-0.1, -0.05) is 72.2 Å². The van der Waals surface area contributed by atoms with Crippen LogP contribution in [0.4, 0.5) is 5.13 Å². The molecule has 1 aromatic heterocycles. The Morgan fingerprint density at radius 1 is 1.24 bits per heavy atom. The number of thioether (sulfide) groups is 1. The van der Waals surface area contributed by atoms with Gasteiger partial charge < -0.3 is 10.1 Å². The van der Waals surface area contributed by atoms with Crippen LogP contribution in [0, 0.1) is 6.92 Å². The Hall–Kier alpha value is -1.60. The van der Waals surface area contributed by atoms with Crippen molar-refractivity contribution in [2.75, 3.05) is 11.1 Å². The highest BCUT2D eigenvalue weighted by Crippen LogP contribution is 2.28. The van der Waals surface area contributed by atoms with Crippen molar-refractivity contribution in [3.8, 4) is 0 Å². The number of ether oxygens (including phenoxy) is 1. The summed E-state index contributed by atoms with van der Waals surface area (Å²) in [6.45, 7) is 2.34. The Bertz CT molecular complexity index is 682. The predicted molar refractivity (Wildman–Crippen MR) is 102 cm³/mol. The predicted octanol–water partition coefficient (Wildman–Crippen LogP) is 4.43. The van der Waals surface area contributed by atoms with Gasteiger partial charge in [0.05, 0.1) is 5.75 Å². The fourth-order valence-electron chi connectivity index (χ4n) is 2.76. The number of aryl methyl sites for hydroxylation is 1. The molecule has 1 saturated carbocycles. The van der Waals surface area contributed by atoms with Crippen LogP contribution in [0.25, 0.3) is 0 Å². The van der Waals surface area contributed by atoms with Gasteiger partial charge in [0.1, 0.15) is 6.61 Å². The molecule has 1 heterocycles. The maximum Gasteiger partial charge on any atom is 0.316 e. The minimum absolute atomic E-state index is 0.234. The van der Waals surface area contributed by atoms with Crippen LogP contribution in [-0.2, 0) is 16.1 Å². The second-order valence-electron chi connectivity index (χ2n) is 6.29. The van der Waals surface area contributed by atoms with Crippen molar-refractivity contribution in [1.29, 1.82) is 0 Å². The fourth-order valence-corrected chi connectivity index (χ4v) is 4.39. The highest BCUT2D eigenvalue weighted by atomic mass is 32.2. The van der Waals surface area contributed by atoms with Crippen LogP contribution < -0.4 is 5.32 Å². The van der Waals surface area contributed by atoms with E-state index < -0.39 is 0 Å². The number of nitrogens with zero attached hydrogens (tertiary/aromatic N) is 2. The first-order valence-corrected chi connectivity index (χ1v) is 10.4. The first kappa shape index (κ1) is 18.2. The number of aromatic nitrogens is 2. The average Bonchev–Trinajstić information content (AvgIpc) is 3.08. The van der Waals surface area contributed by atoms with E-state index in [0.29, 0.717) is 12.6 Å². The summed E-state index contributed by atoms with van der Waals surface area (Å²) < 4.78 is 6.10. The molecule has 7 heteroatoms. The molecule has 1 aliphatic carbocycles. The molecule has 134 valence electrons. The van der Waals surface area contributed by atoms with Crippen LogP contribution in [-0.4, -0.2) is 28.0 Å². The van der Waals surface area contributed by atoms with Gasteiger partial charge in [-0.25, -0.2) is 0 Å². The molecule has 0 bridgehead atoms. The maximum atomic E-state index is 11.9. The summed E-state index contributed by atoms with van der Waals surface area (Å²) in [7, 11) is 0. The van der Waals surface area contributed by atoms with Gasteiger partial charge >= 0.3 is 5.97 Å². The Balaban J connectivity index is 1.39. The third-order valence-corrected chi connectivity index (χ3v) is 6.13. The Labute approximate surface area is 156 Å². The topological polar surface area (TPSA) is 64.1 Å². The van der Waals surface area contributed by atoms with Crippen molar-refractivity contribution in [3.63, 3.8) is 0 Å². The van der Waals surface area contributed by atoms with Crippen LogP contribution in [0.1, 0.15) is 43.2 Å². The van der Waals surface area contributed by atoms with E-state index in [1.54, 1.807) is 0 Å². The second-order valence-corrected chi connectivity index (χ2v) is 8.49. The molecule has 3 rings (SSSR count). The number of nitrogens with one attached hydrogen (secondary N) is 1. The summed E-state index contributed by atoms with van der Waals surface area (Å²) in [6, 6.07) is 8.49. The summed E-state index contributed by atoms with van der Waals surface area (Å²) in [4.78, 5) is 11.9. The van der Waals surface area contributed by atoms with Crippen LogP contribution in [0.5, 0.6) is 0 Å². The summed E-state index contributed by atoms with van der Waals surface area (Å²) in [6.07, 6.45) is 6.30. The van der Waals surface area contributed by atoms with Crippen molar-refractivity contribution in [2.45, 2.75) is 56.0 Å². The van der Waals surface area contributed by atoms with Crippen molar-refractivity contribution in [2.24, 2.45) is 0 Å². The lowest BCUT2D eigenvalue weighted by Crippen LogP contribution is -2.21. The summed E-state index contributed by atoms with van der Waals surface area (Å²) >= 11 is 2.89. The van der Waals surface area contributed by atoms with E-state index in [9.17, 15) is 4.79 Å². The van der Waals surface area contributed by atoms with Crippen molar-refractivity contribution in [1.82, 2.24) is 10.2 Å². The molecule has 0 radical (unpaired) electrons. The molecular formula is C18H23N3O2S2. The highest BCUT2D eigenvalue weighted by Gasteiger charge is 2.15. The molecule has 1 aliphatic rings. The smallest absolute Gasteiger partial charge is 0.316 e. The van der Waals surface area contributed by atoms with E-state index in [-0.39, 0.29) is 11.7 Å². The largest absolute Gasteiger partial charge is 0.460 e. The Morgan fingerprint density at radius 2 is 2.00 bits per heavy atom. The number of carbonyl (C=O) groups is 1. The lowest BCUT2D eigenvalue weighted by Gasteiger charge is -2.21. The lowest BCUT2D eigenvalue weighted by atomic mass is 9.96. The van der Waals surface area contributed by atoms with Gasteiger partial charge in [-0.2, -0.15) is 0 Å². The number of anilines is 1. The molecule has 0 aliphatic heterocycles. The summed E-state index contributed by atoms with van der Waals surface area (Å²) in [5.74, 6) is 0.0202. The Morgan fingerprint density at radius 3 is 2.76 bits per heavy atom. The minimum Gasteiger partial charge on any atom is -0.460 e. The van der Waals surface area contributed by atoms with Gasteiger partial charge in [-0.3, -0.25) is 4.79 Å². The van der Waals surface area contributed by atoms with Crippen LogP contribution in [0.3, 0.4) is 0 Å². The third-order valence-electron chi connectivity index (χ3n) is 4.17. The van der Waals surface area contributed by atoms with E-state index >= 15 is 0 Å². The van der Waals surface area contributed by atoms with Gasteiger partial charge in [0.2, 0.25) is 5.13 Å². The molecule has 0 atom stereocenters. The van der Waals surface area contributed by atoms with Crippen LogP contribution in [0.2, 0.25) is 0 Å². The maximum absolute atomic E-state index is 11.9. The van der Waals surface area contributed by atoms with E-state index in [1.165, 1.54) is 60.8 Å². The van der Waals surface area contributed by atoms with Crippen molar-refractivity contribution < 1.29 is 9.53 Å². The number of esters is 1. The van der Waals surface area contributed by atoms with Gasteiger partial charge in [0, 0.05) is 6.04 Å². The van der Waals surface area contributed by atoms with Crippen LogP contribution in [0.15, 0.2) is 28.6 Å². The highest BCUT2D eigenvalue weighted by molar-refractivity contribution is 8.01. The van der Waals surface area contributed by atoms with Gasteiger partial charge in [-0.15, -0.1) is 10.2 Å². The van der Waals surface area contributed by atoms with E-state index in [1.807, 2.05) is 31.2 Å². The zero-order valence-corrected chi connectivity index (χ0v) is 16.0. The van der Waals surface area contributed by atoms with Gasteiger partial charge in [-0.05, 0) is 25.3 Å². The average molecular weight is 378 g/mol. The number of hydrogen-bond donors (Lipinski definition) is 1. The number of benzene rings is 1. The number of hydrogen-bond acceptors (Lipinski definition) is 7. The zero-order chi connectivity index (χ0) is 17.5. The normalized spacial score (nSPS) is 15.1. The van der Waals surface area contributed by atoms with Crippen LogP contribution >= 0.6 is 23.1 Å². The first-order chi connectivity index (χ1) is 12.2. The van der Waals surface area contributed by atoms with E-state index in [4.69, 9.17) is 4.74 Å². The van der Waals surface area contributed by atoms with E-state index in [0.717, 1.165) is 15.0 Å². The lowest BCUT2D eigenvalue weighted by molar-refractivity contribution is -0.141. The third kappa shape index (κ3) is 6.01. The standard InChI is InChI=1S/C18H23N3O2S2/c1-13-7-9-14(10-8-13)11-23-16(22)12-24-18-21-20-17(25-18)19-15-5-3-2-4-6-15/h7-10,15H,2-6,11-12H2,1H3,(H,19,20). The van der Waals surface area contributed by atoms with Gasteiger partial charge in [0.15, 0.2) is 4.34 Å². The first-order valence-electron chi connectivity index (χ1n) is 8.63. The zero-order valence-electron chi connectivity index (χ0n) is 14.4. The molecule has 2 aromatic rings. The monoisotopic (exact) mass is 377 g/mol. The molecule has 25 heavy (non-hydrogen) atoms. The molecule has 0 unspecified atom stereocenters. The minimum atomic E-state index is -0.234. The fraction of sp³-hybridized carbons (Fsp3) is 0.500. The summed E-state index contributed by atoms with van der Waals surface area (Å²) in [5.41, 5.74) is 2.19. The molecule has 1 aromatic carbocycles. The Kier molecular flexibility index (Phi) is 6.69. The second kappa shape index (κ2) is 9.20. The molecule has 0 spiro atoms.